The molecule has 1 N–H and O–H groups in total. The van der Waals surface area contributed by atoms with Crippen LogP contribution >= 0.6 is 12.4 Å². The second-order valence-corrected chi connectivity index (χ2v) is 3.68. The molecule has 1 rings (SSSR count). The Morgan fingerprint density at radius 1 is 1.31 bits per heavy atom. The van der Waals surface area contributed by atoms with Crippen molar-refractivity contribution >= 4 is 12.4 Å². The van der Waals surface area contributed by atoms with Crippen molar-refractivity contribution in [3.8, 4) is 5.75 Å². The van der Waals surface area contributed by atoms with Gasteiger partial charge < -0.3 is 9.84 Å². The summed E-state index contributed by atoms with van der Waals surface area (Å²) in [6.45, 7) is 3.59. The minimum absolute atomic E-state index is 0. The zero-order valence-electron chi connectivity index (χ0n) is 9.80. The molecule has 92 valence electrons. The first-order valence-electron chi connectivity index (χ1n) is 5.23. The Morgan fingerprint density at radius 3 is 2.50 bits per heavy atom. The van der Waals surface area contributed by atoms with Crippen molar-refractivity contribution in [2.45, 2.75) is 13.0 Å². The van der Waals surface area contributed by atoms with Gasteiger partial charge in [-0.05, 0) is 26.1 Å². The van der Waals surface area contributed by atoms with Crippen LogP contribution in [0.5, 0.6) is 5.75 Å². The van der Waals surface area contributed by atoms with E-state index >= 15 is 0 Å². The molecule has 3 nitrogen and oxygen atoms in total. The third-order valence-electron chi connectivity index (χ3n) is 2.44. The number of benzene rings is 1. The summed E-state index contributed by atoms with van der Waals surface area (Å²) in [5.74, 6) is 0.891. The molecule has 0 bridgehead atoms. The molecule has 1 aromatic rings. The molecule has 0 aliphatic carbocycles. The van der Waals surface area contributed by atoms with Crippen LogP contribution in [0.25, 0.3) is 0 Å². The van der Waals surface area contributed by atoms with E-state index in [4.69, 9.17) is 9.84 Å². The summed E-state index contributed by atoms with van der Waals surface area (Å²) in [4.78, 5) is 2.07. The zero-order chi connectivity index (χ0) is 11.1. The van der Waals surface area contributed by atoms with E-state index in [1.807, 2.05) is 37.4 Å². The minimum Gasteiger partial charge on any atom is -0.492 e. The van der Waals surface area contributed by atoms with Gasteiger partial charge in [-0.3, -0.25) is 4.90 Å². The largest absolute Gasteiger partial charge is 0.492 e. The van der Waals surface area contributed by atoms with Crippen molar-refractivity contribution in [1.82, 2.24) is 4.90 Å². The predicted molar refractivity (Wildman–Crippen MR) is 68.4 cm³/mol. The van der Waals surface area contributed by atoms with Gasteiger partial charge in [-0.15, -0.1) is 12.4 Å². The molecule has 0 amide bonds. The first-order chi connectivity index (χ1) is 7.24. The summed E-state index contributed by atoms with van der Waals surface area (Å²) in [5, 5.41) is 8.79. The van der Waals surface area contributed by atoms with Crippen molar-refractivity contribution in [2.75, 3.05) is 26.8 Å². The minimum atomic E-state index is 0. The lowest BCUT2D eigenvalue weighted by molar-refractivity contribution is 0.144. The Morgan fingerprint density at radius 2 is 1.94 bits per heavy atom. The molecule has 0 radical (unpaired) electrons. The fraction of sp³-hybridized carbons (Fsp3) is 0.500. The topological polar surface area (TPSA) is 32.7 Å². The fourth-order valence-electron chi connectivity index (χ4n) is 1.24. The van der Waals surface area contributed by atoms with Gasteiger partial charge in [0.15, 0.2) is 0 Å². The highest BCUT2D eigenvalue weighted by Gasteiger charge is 2.08. The summed E-state index contributed by atoms with van der Waals surface area (Å²) >= 11 is 0. The third-order valence-corrected chi connectivity index (χ3v) is 2.44. The first kappa shape index (κ1) is 15.2. The van der Waals surface area contributed by atoms with Crippen molar-refractivity contribution in [2.24, 2.45) is 0 Å². The summed E-state index contributed by atoms with van der Waals surface area (Å²) in [5.41, 5.74) is 0. The Labute approximate surface area is 103 Å². The van der Waals surface area contributed by atoms with E-state index in [0.717, 1.165) is 5.75 Å². The van der Waals surface area contributed by atoms with Crippen LogP contribution in [0.3, 0.4) is 0 Å². The number of para-hydroxylation sites is 1. The Balaban J connectivity index is 0.00000225. The maximum Gasteiger partial charge on any atom is 0.119 e. The number of aliphatic hydroxyl groups is 1. The number of hydrogen-bond donors (Lipinski definition) is 1. The molecule has 16 heavy (non-hydrogen) atoms. The number of halogens is 1. The lowest BCUT2D eigenvalue weighted by Gasteiger charge is -2.23. The van der Waals surface area contributed by atoms with E-state index in [-0.39, 0.29) is 19.0 Å². The van der Waals surface area contributed by atoms with E-state index in [1.165, 1.54) is 0 Å². The number of ether oxygens (including phenoxy) is 1. The van der Waals surface area contributed by atoms with Gasteiger partial charge in [0.25, 0.3) is 0 Å². The van der Waals surface area contributed by atoms with Crippen molar-refractivity contribution < 1.29 is 9.84 Å². The van der Waals surface area contributed by atoms with Gasteiger partial charge >= 0.3 is 0 Å². The van der Waals surface area contributed by atoms with Crippen LogP contribution in [0.15, 0.2) is 30.3 Å². The molecule has 0 aliphatic rings. The van der Waals surface area contributed by atoms with E-state index in [2.05, 4.69) is 11.8 Å². The normalized spacial score (nSPS) is 12.0. The first-order valence-corrected chi connectivity index (χ1v) is 5.23. The average molecular weight is 246 g/mol. The van der Waals surface area contributed by atoms with Crippen molar-refractivity contribution in [3.05, 3.63) is 30.3 Å². The van der Waals surface area contributed by atoms with Crippen LogP contribution in [0.2, 0.25) is 0 Å². The quantitative estimate of drug-likeness (QED) is 0.830. The van der Waals surface area contributed by atoms with Crippen molar-refractivity contribution in [3.63, 3.8) is 0 Å². The summed E-state index contributed by atoms with van der Waals surface area (Å²) in [6.07, 6.45) is 0. The van der Waals surface area contributed by atoms with E-state index in [0.29, 0.717) is 19.2 Å². The van der Waals surface area contributed by atoms with Crippen LogP contribution in [0.1, 0.15) is 6.92 Å². The summed E-state index contributed by atoms with van der Waals surface area (Å²) in [7, 11) is 1.98. The summed E-state index contributed by atoms with van der Waals surface area (Å²) < 4.78 is 5.61. The lowest BCUT2D eigenvalue weighted by Crippen LogP contribution is -2.35. The molecule has 1 atom stereocenters. The second-order valence-electron chi connectivity index (χ2n) is 3.68. The SMILES string of the molecule is CC(COc1ccccc1)N(C)CCO.Cl. The molecule has 0 spiro atoms. The number of likely N-dealkylation sites (N-methyl/N-ethyl adjacent to an activating group) is 1. The highest BCUT2D eigenvalue weighted by atomic mass is 35.5. The van der Waals surface area contributed by atoms with Gasteiger partial charge in [-0.2, -0.15) is 0 Å². The highest BCUT2D eigenvalue weighted by Crippen LogP contribution is 2.09. The smallest absolute Gasteiger partial charge is 0.119 e. The summed E-state index contributed by atoms with van der Waals surface area (Å²) in [6, 6.07) is 10.1. The molecule has 0 heterocycles. The molecular weight excluding hydrogens is 226 g/mol. The van der Waals surface area contributed by atoms with Crippen LogP contribution in [0, 0.1) is 0 Å². The molecule has 0 saturated heterocycles. The van der Waals surface area contributed by atoms with Crippen LogP contribution in [-0.4, -0.2) is 42.9 Å². The number of rotatable bonds is 6. The van der Waals surface area contributed by atoms with Gasteiger partial charge in [0.1, 0.15) is 12.4 Å². The Bertz CT molecular complexity index is 269. The number of hydrogen-bond acceptors (Lipinski definition) is 3. The molecule has 0 saturated carbocycles. The molecule has 1 unspecified atom stereocenters. The lowest BCUT2D eigenvalue weighted by atomic mass is 10.3. The van der Waals surface area contributed by atoms with E-state index in [1.54, 1.807) is 0 Å². The molecule has 0 fully saturated rings. The highest BCUT2D eigenvalue weighted by molar-refractivity contribution is 5.85. The Hall–Kier alpha value is -0.770. The van der Waals surface area contributed by atoms with Crippen LogP contribution in [0.4, 0.5) is 0 Å². The van der Waals surface area contributed by atoms with E-state index < -0.39 is 0 Å². The van der Waals surface area contributed by atoms with Gasteiger partial charge in [-0.25, -0.2) is 0 Å². The van der Waals surface area contributed by atoms with Gasteiger partial charge in [0, 0.05) is 12.6 Å². The van der Waals surface area contributed by atoms with Gasteiger partial charge in [0.2, 0.25) is 0 Å². The molecule has 0 aromatic heterocycles. The average Bonchev–Trinajstić information content (AvgIpc) is 2.27. The van der Waals surface area contributed by atoms with Gasteiger partial charge in [-0.1, -0.05) is 18.2 Å². The molecule has 4 heteroatoms. The zero-order valence-corrected chi connectivity index (χ0v) is 10.6. The van der Waals surface area contributed by atoms with E-state index in [9.17, 15) is 0 Å². The third kappa shape index (κ3) is 5.35. The van der Waals surface area contributed by atoms with Crippen LogP contribution < -0.4 is 4.74 Å². The molecular formula is C12H20ClNO2. The molecule has 0 aliphatic heterocycles. The second kappa shape index (κ2) is 8.39. The fourth-order valence-corrected chi connectivity index (χ4v) is 1.24. The standard InChI is InChI=1S/C12H19NO2.ClH/c1-11(13(2)8-9-14)10-15-12-6-4-3-5-7-12;/h3-7,11,14H,8-10H2,1-2H3;1H. The maximum absolute atomic E-state index is 8.79. The van der Waals surface area contributed by atoms with Gasteiger partial charge in [0.05, 0.1) is 6.61 Å². The Kier molecular flexibility index (Phi) is 7.99. The predicted octanol–water partition coefficient (Wildman–Crippen LogP) is 1.80. The maximum atomic E-state index is 8.79. The molecule has 1 aromatic carbocycles. The monoisotopic (exact) mass is 245 g/mol. The number of nitrogens with zero attached hydrogens (tertiary/aromatic N) is 1. The number of aliphatic hydroxyl groups excluding tert-OH is 1. The van der Waals surface area contributed by atoms with Crippen LogP contribution in [-0.2, 0) is 0 Å². The van der Waals surface area contributed by atoms with Crippen molar-refractivity contribution in [1.29, 1.82) is 0 Å².